The molecule has 1 aromatic heterocycles. The standard InChI is InChI=1S/C20H23ClFN5OS/c1-12-18-17(10-29-12)24-11-25-19(18)26-4-6-27(7-5-26)20(28)16(23)9-13-2-3-15(22)14(21)8-13/h2-3,8,11-12,16H,4-7,9-10,23H2,1H3/t12-,16+/m0/s1. The topological polar surface area (TPSA) is 75.4 Å². The van der Waals surface area contributed by atoms with Crippen LogP contribution in [0.25, 0.3) is 0 Å². The fraction of sp³-hybridized carbons (Fsp3) is 0.450. The third-order valence-corrected chi connectivity index (χ3v) is 6.94. The average molecular weight is 436 g/mol. The number of amides is 1. The molecule has 2 N–H and O–H groups in total. The summed E-state index contributed by atoms with van der Waals surface area (Å²) in [4.78, 5) is 25.8. The predicted octanol–water partition coefficient (Wildman–Crippen LogP) is 2.80. The molecule has 0 saturated carbocycles. The molecule has 2 aliphatic rings. The highest BCUT2D eigenvalue weighted by molar-refractivity contribution is 7.99. The van der Waals surface area contributed by atoms with Crippen LogP contribution in [0.3, 0.4) is 0 Å². The second-order valence-corrected chi connectivity index (χ2v) is 9.12. The Morgan fingerprint density at radius 1 is 1.34 bits per heavy atom. The van der Waals surface area contributed by atoms with Crippen molar-refractivity contribution >= 4 is 35.1 Å². The van der Waals surface area contributed by atoms with Gasteiger partial charge in [0.2, 0.25) is 5.91 Å². The molecule has 1 amide bonds. The molecule has 1 aromatic carbocycles. The maximum absolute atomic E-state index is 13.3. The van der Waals surface area contributed by atoms with E-state index in [-0.39, 0.29) is 10.9 Å². The highest BCUT2D eigenvalue weighted by Gasteiger charge is 2.30. The zero-order chi connectivity index (χ0) is 20.5. The van der Waals surface area contributed by atoms with Gasteiger partial charge in [0.25, 0.3) is 0 Å². The predicted molar refractivity (Wildman–Crippen MR) is 114 cm³/mol. The number of hydrogen-bond acceptors (Lipinski definition) is 6. The van der Waals surface area contributed by atoms with Crippen LogP contribution in [0.4, 0.5) is 10.2 Å². The smallest absolute Gasteiger partial charge is 0.239 e. The molecule has 154 valence electrons. The van der Waals surface area contributed by atoms with Gasteiger partial charge in [-0.15, -0.1) is 11.8 Å². The quantitative estimate of drug-likeness (QED) is 0.795. The van der Waals surface area contributed by atoms with E-state index in [0.717, 1.165) is 22.8 Å². The van der Waals surface area contributed by atoms with Crippen LogP contribution >= 0.6 is 23.4 Å². The first-order valence-corrected chi connectivity index (χ1v) is 11.1. The zero-order valence-corrected chi connectivity index (χ0v) is 17.7. The zero-order valence-electron chi connectivity index (χ0n) is 16.1. The molecule has 6 nitrogen and oxygen atoms in total. The van der Waals surface area contributed by atoms with Crippen molar-refractivity contribution in [1.29, 1.82) is 0 Å². The summed E-state index contributed by atoms with van der Waals surface area (Å²) < 4.78 is 13.3. The van der Waals surface area contributed by atoms with Crippen LogP contribution in [-0.4, -0.2) is 53.0 Å². The largest absolute Gasteiger partial charge is 0.353 e. The van der Waals surface area contributed by atoms with Crippen LogP contribution in [0, 0.1) is 5.82 Å². The van der Waals surface area contributed by atoms with Crippen molar-refractivity contribution in [3.63, 3.8) is 0 Å². The van der Waals surface area contributed by atoms with Crippen LogP contribution in [0.1, 0.15) is 29.0 Å². The van der Waals surface area contributed by atoms with E-state index in [4.69, 9.17) is 17.3 Å². The van der Waals surface area contributed by atoms with Gasteiger partial charge in [-0.25, -0.2) is 14.4 Å². The van der Waals surface area contributed by atoms with Gasteiger partial charge < -0.3 is 15.5 Å². The minimum absolute atomic E-state index is 0.0422. The van der Waals surface area contributed by atoms with Gasteiger partial charge in [0.05, 0.1) is 16.8 Å². The van der Waals surface area contributed by atoms with E-state index in [2.05, 4.69) is 21.8 Å². The fourth-order valence-electron chi connectivity index (χ4n) is 3.87. The molecule has 2 atom stereocenters. The lowest BCUT2D eigenvalue weighted by molar-refractivity contribution is -0.132. The number of hydrogen-bond donors (Lipinski definition) is 1. The monoisotopic (exact) mass is 435 g/mol. The summed E-state index contributed by atoms with van der Waals surface area (Å²) in [6.07, 6.45) is 1.96. The summed E-state index contributed by atoms with van der Waals surface area (Å²) in [6.45, 7) is 4.79. The Morgan fingerprint density at radius 2 is 2.10 bits per heavy atom. The molecule has 0 spiro atoms. The average Bonchev–Trinajstić information content (AvgIpc) is 3.11. The highest BCUT2D eigenvalue weighted by Crippen LogP contribution is 2.44. The van der Waals surface area contributed by atoms with Crippen molar-refractivity contribution in [3.8, 4) is 0 Å². The fourth-order valence-corrected chi connectivity index (χ4v) is 5.12. The maximum Gasteiger partial charge on any atom is 0.239 e. The summed E-state index contributed by atoms with van der Waals surface area (Å²) in [5.74, 6) is 1.34. The number of nitrogens with zero attached hydrogens (tertiary/aromatic N) is 4. The molecule has 0 aliphatic carbocycles. The van der Waals surface area contributed by atoms with E-state index in [0.29, 0.717) is 37.8 Å². The Morgan fingerprint density at radius 3 is 2.83 bits per heavy atom. The van der Waals surface area contributed by atoms with E-state index in [9.17, 15) is 9.18 Å². The third-order valence-electron chi connectivity index (χ3n) is 5.47. The summed E-state index contributed by atoms with van der Waals surface area (Å²) >= 11 is 7.69. The number of fused-ring (bicyclic) bond motifs is 1. The van der Waals surface area contributed by atoms with Gasteiger partial charge in [0.15, 0.2) is 0 Å². The Hall–Kier alpha value is -1.90. The minimum atomic E-state index is -0.678. The molecule has 2 aliphatic heterocycles. The van der Waals surface area contributed by atoms with E-state index in [1.54, 1.807) is 17.3 Å². The molecule has 0 radical (unpaired) electrons. The molecule has 0 bridgehead atoms. The Kier molecular flexibility index (Phi) is 5.94. The molecule has 9 heteroatoms. The molecule has 4 rings (SSSR count). The first-order chi connectivity index (χ1) is 13.9. The number of benzene rings is 1. The first kappa shape index (κ1) is 20.4. The van der Waals surface area contributed by atoms with Crippen molar-refractivity contribution < 1.29 is 9.18 Å². The number of carbonyl (C=O) groups excluding carboxylic acids is 1. The molecule has 1 saturated heterocycles. The van der Waals surface area contributed by atoms with E-state index < -0.39 is 11.9 Å². The van der Waals surface area contributed by atoms with Gasteiger partial charge in [-0.05, 0) is 31.0 Å². The van der Waals surface area contributed by atoms with Crippen LogP contribution < -0.4 is 10.6 Å². The van der Waals surface area contributed by atoms with Gasteiger partial charge in [-0.3, -0.25) is 4.79 Å². The van der Waals surface area contributed by atoms with Crippen LogP contribution in [-0.2, 0) is 17.0 Å². The number of carbonyl (C=O) groups is 1. The second-order valence-electron chi connectivity index (χ2n) is 7.38. The molecule has 2 aromatic rings. The Balaban J connectivity index is 1.38. The van der Waals surface area contributed by atoms with Gasteiger partial charge >= 0.3 is 0 Å². The molecule has 29 heavy (non-hydrogen) atoms. The van der Waals surface area contributed by atoms with Gasteiger partial charge in [-0.2, -0.15) is 0 Å². The molecule has 0 unspecified atom stereocenters. The highest BCUT2D eigenvalue weighted by atomic mass is 35.5. The lowest BCUT2D eigenvalue weighted by Gasteiger charge is -2.37. The summed E-state index contributed by atoms with van der Waals surface area (Å²) in [5.41, 5.74) is 9.23. The SMILES string of the molecule is C[C@@H]1SCc2ncnc(N3CCN(C(=O)[C@H](N)Cc4ccc(F)c(Cl)c4)CC3)c21. The van der Waals surface area contributed by atoms with Gasteiger partial charge in [0.1, 0.15) is 18.0 Å². The number of nitrogens with two attached hydrogens (primary N) is 1. The lowest BCUT2D eigenvalue weighted by atomic mass is 10.0. The van der Waals surface area contributed by atoms with Gasteiger partial charge in [0, 0.05) is 42.7 Å². The number of anilines is 1. The van der Waals surface area contributed by atoms with Crippen LogP contribution in [0.15, 0.2) is 24.5 Å². The van der Waals surface area contributed by atoms with E-state index in [1.165, 1.54) is 17.7 Å². The number of halogens is 2. The van der Waals surface area contributed by atoms with Crippen molar-refractivity contribution in [2.75, 3.05) is 31.1 Å². The van der Waals surface area contributed by atoms with Crippen LogP contribution in [0.5, 0.6) is 0 Å². The second kappa shape index (κ2) is 8.45. The third kappa shape index (κ3) is 4.20. The summed E-state index contributed by atoms with van der Waals surface area (Å²) in [7, 11) is 0. The van der Waals surface area contributed by atoms with Crippen molar-refractivity contribution in [3.05, 3.63) is 52.2 Å². The Labute approximate surface area is 178 Å². The molecular weight excluding hydrogens is 413 g/mol. The lowest BCUT2D eigenvalue weighted by Crippen LogP contribution is -2.54. The van der Waals surface area contributed by atoms with Crippen molar-refractivity contribution in [2.24, 2.45) is 5.73 Å². The number of piperazine rings is 1. The first-order valence-electron chi connectivity index (χ1n) is 9.62. The number of aromatic nitrogens is 2. The Bertz CT molecular complexity index is 922. The minimum Gasteiger partial charge on any atom is -0.353 e. The van der Waals surface area contributed by atoms with E-state index in [1.807, 2.05) is 11.8 Å². The van der Waals surface area contributed by atoms with Crippen molar-refractivity contribution in [1.82, 2.24) is 14.9 Å². The number of rotatable bonds is 4. The van der Waals surface area contributed by atoms with Crippen molar-refractivity contribution in [2.45, 2.75) is 30.4 Å². The number of thioether (sulfide) groups is 1. The normalized spacial score (nSPS) is 19.9. The summed E-state index contributed by atoms with van der Waals surface area (Å²) in [5, 5.41) is 0.428. The molecule has 1 fully saturated rings. The summed E-state index contributed by atoms with van der Waals surface area (Å²) in [6, 6.07) is 3.76. The van der Waals surface area contributed by atoms with Crippen LogP contribution in [0.2, 0.25) is 5.02 Å². The molecular formula is C20H23ClFN5OS. The molecule has 3 heterocycles. The maximum atomic E-state index is 13.3. The van der Waals surface area contributed by atoms with Gasteiger partial charge in [-0.1, -0.05) is 17.7 Å². The van der Waals surface area contributed by atoms with E-state index >= 15 is 0 Å².